The van der Waals surface area contributed by atoms with Crippen LogP contribution in [-0.2, 0) is 16.4 Å². The summed E-state index contributed by atoms with van der Waals surface area (Å²) in [6.45, 7) is 0.310. The molecule has 27 heavy (non-hydrogen) atoms. The molecule has 144 valence electrons. The summed E-state index contributed by atoms with van der Waals surface area (Å²) < 4.78 is 37.1. The molecule has 1 fully saturated rings. The molecule has 5 nitrogen and oxygen atoms in total. The number of hydrogen-bond acceptors (Lipinski definition) is 4. The predicted octanol–water partition coefficient (Wildman–Crippen LogP) is 2.72. The third-order valence-electron chi connectivity index (χ3n) is 4.81. The number of amides is 1. The van der Waals surface area contributed by atoms with Gasteiger partial charge in [-0.1, -0.05) is 12.1 Å². The zero-order chi connectivity index (χ0) is 19.6. The van der Waals surface area contributed by atoms with Crippen LogP contribution >= 0.6 is 0 Å². The molecule has 1 aliphatic rings. The zero-order valence-electron chi connectivity index (χ0n) is 15.4. The highest BCUT2D eigenvalue weighted by molar-refractivity contribution is 7.91. The summed E-state index contributed by atoms with van der Waals surface area (Å²) in [5.74, 6) is -0.644. The normalized spacial score (nSPS) is 18.3. The Hall–Kier alpha value is -2.41. The molecule has 2 aromatic carbocycles. The molecule has 1 aliphatic heterocycles. The highest BCUT2D eigenvalue weighted by Crippen LogP contribution is 2.23. The monoisotopic (exact) mass is 390 g/mol. The first-order valence-corrected chi connectivity index (χ1v) is 10.6. The van der Waals surface area contributed by atoms with E-state index < -0.39 is 15.7 Å². The van der Waals surface area contributed by atoms with Crippen LogP contribution in [0.5, 0.6) is 0 Å². The Morgan fingerprint density at radius 3 is 2.22 bits per heavy atom. The Morgan fingerprint density at radius 2 is 1.70 bits per heavy atom. The van der Waals surface area contributed by atoms with Gasteiger partial charge in [0, 0.05) is 37.9 Å². The molecule has 7 heteroatoms. The fraction of sp³-hybridized carbons (Fsp3) is 0.350. The van der Waals surface area contributed by atoms with Gasteiger partial charge in [-0.25, -0.2) is 12.8 Å². The van der Waals surface area contributed by atoms with Crippen molar-refractivity contribution in [1.29, 1.82) is 0 Å². The van der Waals surface area contributed by atoms with E-state index in [4.69, 9.17) is 0 Å². The lowest BCUT2D eigenvalue weighted by Gasteiger charge is -2.29. The van der Waals surface area contributed by atoms with Crippen molar-refractivity contribution in [2.24, 2.45) is 0 Å². The van der Waals surface area contributed by atoms with Gasteiger partial charge in [0.1, 0.15) is 5.82 Å². The van der Waals surface area contributed by atoms with Crippen LogP contribution in [0.4, 0.5) is 10.1 Å². The molecule has 1 saturated heterocycles. The minimum atomic E-state index is -3.13. The molecule has 0 radical (unpaired) electrons. The van der Waals surface area contributed by atoms with E-state index in [-0.39, 0.29) is 23.5 Å². The van der Waals surface area contributed by atoms with Gasteiger partial charge in [0.25, 0.3) is 5.91 Å². The number of carbonyl (C=O) groups excluding carboxylic acids is 1. The summed E-state index contributed by atoms with van der Waals surface area (Å²) in [7, 11) is 0.761. The number of halogens is 1. The maximum Gasteiger partial charge on any atom is 0.254 e. The summed E-state index contributed by atoms with van der Waals surface area (Å²) in [6, 6.07) is 12.8. The molecule has 0 unspecified atom stereocenters. The van der Waals surface area contributed by atoms with Gasteiger partial charge in [-0.05, 0) is 48.4 Å². The second-order valence-corrected chi connectivity index (χ2v) is 9.29. The minimum absolute atomic E-state index is 0.0320. The van der Waals surface area contributed by atoms with Crippen LogP contribution in [0.3, 0.4) is 0 Å². The molecule has 0 saturated carbocycles. The quantitative estimate of drug-likeness (QED) is 0.788. The second-order valence-electron chi connectivity index (χ2n) is 7.06. The molecule has 3 rings (SSSR count). The molecular formula is C20H23FN2O3S. The molecule has 0 aliphatic carbocycles. The second kappa shape index (κ2) is 7.68. The van der Waals surface area contributed by atoms with E-state index in [1.165, 1.54) is 24.3 Å². The van der Waals surface area contributed by atoms with Crippen molar-refractivity contribution in [1.82, 2.24) is 4.90 Å². The van der Waals surface area contributed by atoms with Crippen molar-refractivity contribution in [3.8, 4) is 0 Å². The average molecular weight is 390 g/mol. The van der Waals surface area contributed by atoms with Gasteiger partial charge < -0.3 is 9.80 Å². The number of sulfone groups is 1. The van der Waals surface area contributed by atoms with E-state index in [9.17, 15) is 17.6 Å². The van der Waals surface area contributed by atoms with Crippen LogP contribution in [0, 0.1) is 5.82 Å². The zero-order valence-corrected chi connectivity index (χ0v) is 16.2. The summed E-state index contributed by atoms with van der Waals surface area (Å²) >= 11 is 0. The number of anilines is 1. The van der Waals surface area contributed by atoms with Crippen LogP contribution in [0.2, 0.25) is 0 Å². The van der Waals surface area contributed by atoms with Crippen molar-refractivity contribution < 1.29 is 17.6 Å². The lowest BCUT2D eigenvalue weighted by atomic mass is 10.1. The number of rotatable bonds is 5. The fourth-order valence-corrected chi connectivity index (χ4v) is 4.97. The van der Waals surface area contributed by atoms with Crippen molar-refractivity contribution >= 4 is 21.4 Å². The summed E-state index contributed by atoms with van der Waals surface area (Å²) in [4.78, 5) is 16.6. The molecule has 0 aromatic heterocycles. The third kappa shape index (κ3) is 4.66. The van der Waals surface area contributed by atoms with Gasteiger partial charge in [-0.3, -0.25) is 4.79 Å². The van der Waals surface area contributed by atoms with Crippen molar-refractivity contribution in [3.63, 3.8) is 0 Å². The van der Waals surface area contributed by atoms with E-state index >= 15 is 0 Å². The number of benzene rings is 2. The first-order valence-electron chi connectivity index (χ1n) is 8.78. The molecule has 1 heterocycles. The molecule has 0 spiro atoms. The highest BCUT2D eigenvalue weighted by Gasteiger charge is 2.35. The van der Waals surface area contributed by atoms with Crippen LogP contribution in [0.1, 0.15) is 22.3 Å². The van der Waals surface area contributed by atoms with Crippen LogP contribution in [0.15, 0.2) is 48.5 Å². The highest BCUT2D eigenvalue weighted by atomic mass is 32.2. The lowest BCUT2D eigenvalue weighted by Crippen LogP contribution is -2.40. The largest absolute Gasteiger partial charge is 0.378 e. The van der Waals surface area contributed by atoms with E-state index in [1.54, 1.807) is 4.90 Å². The fourth-order valence-electron chi connectivity index (χ4n) is 3.24. The summed E-state index contributed by atoms with van der Waals surface area (Å²) in [5, 5.41) is 0. The lowest BCUT2D eigenvalue weighted by molar-refractivity contribution is 0.0681. The Morgan fingerprint density at radius 1 is 1.07 bits per heavy atom. The Balaban J connectivity index is 1.87. The maximum atomic E-state index is 13.2. The number of nitrogens with zero attached hydrogens (tertiary/aromatic N) is 2. The molecule has 0 bridgehead atoms. The molecule has 1 amide bonds. The van der Waals surface area contributed by atoms with Crippen LogP contribution in [-0.4, -0.2) is 50.9 Å². The molecule has 0 N–H and O–H groups in total. The Bertz CT molecular complexity index is 909. The van der Waals surface area contributed by atoms with Gasteiger partial charge in [0.05, 0.1) is 11.5 Å². The van der Waals surface area contributed by atoms with Crippen molar-refractivity contribution in [2.45, 2.75) is 19.0 Å². The minimum Gasteiger partial charge on any atom is -0.378 e. The Labute approximate surface area is 159 Å². The summed E-state index contributed by atoms with van der Waals surface area (Å²) in [6.07, 6.45) is 0.422. The number of carbonyl (C=O) groups is 1. The maximum absolute atomic E-state index is 13.2. The van der Waals surface area contributed by atoms with Gasteiger partial charge in [-0.15, -0.1) is 0 Å². The molecule has 1 atom stereocenters. The van der Waals surface area contributed by atoms with Crippen LogP contribution < -0.4 is 4.90 Å². The van der Waals surface area contributed by atoms with E-state index in [0.717, 1.165) is 11.3 Å². The number of hydrogen-bond donors (Lipinski definition) is 0. The Kier molecular flexibility index (Phi) is 5.51. The standard InChI is InChI=1S/C20H23FN2O3S/c1-22(2)18-9-3-15(4-10-18)13-23(19-11-12-27(25,26)14-19)20(24)16-5-7-17(21)8-6-16/h3-10,19H,11-14H2,1-2H3/t19-/m0/s1. The van der Waals surface area contributed by atoms with Gasteiger partial charge in [-0.2, -0.15) is 0 Å². The van der Waals surface area contributed by atoms with Crippen molar-refractivity contribution in [2.75, 3.05) is 30.5 Å². The van der Waals surface area contributed by atoms with Crippen LogP contribution in [0.25, 0.3) is 0 Å². The van der Waals surface area contributed by atoms with Gasteiger partial charge >= 0.3 is 0 Å². The van der Waals surface area contributed by atoms with E-state index in [1.807, 2.05) is 43.3 Å². The van der Waals surface area contributed by atoms with E-state index in [0.29, 0.717) is 18.5 Å². The first-order chi connectivity index (χ1) is 12.7. The topological polar surface area (TPSA) is 57.7 Å². The van der Waals surface area contributed by atoms with E-state index in [2.05, 4.69) is 0 Å². The van der Waals surface area contributed by atoms with Gasteiger partial charge in [0.2, 0.25) is 0 Å². The third-order valence-corrected chi connectivity index (χ3v) is 6.56. The average Bonchev–Trinajstić information content (AvgIpc) is 2.99. The summed E-state index contributed by atoms with van der Waals surface area (Å²) in [5.41, 5.74) is 2.31. The predicted molar refractivity (Wildman–Crippen MR) is 104 cm³/mol. The first kappa shape index (κ1) is 19.4. The van der Waals surface area contributed by atoms with Crippen molar-refractivity contribution in [3.05, 3.63) is 65.5 Å². The molecular weight excluding hydrogens is 367 g/mol. The smallest absolute Gasteiger partial charge is 0.254 e. The SMILES string of the molecule is CN(C)c1ccc(CN(C(=O)c2ccc(F)cc2)[C@H]2CCS(=O)(=O)C2)cc1. The van der Waals surface area contributed by atoms with Gasteiger partial charge in [0.15, 0.2) is 9.84 Å². The molecule has 2 aromatic rings.